The molecule has 0 bridgehead atoms. The maximum absolute atomic E-state index is 13.6. The number of halogens is 1. The van der Waals surface area contributed by atoms with Crippen LogP contribution in [0.3, 0.4) is 0 Å². The molecule has 0 atom stereocenters. The van der Waals surface area contributed by atoms with Gasteiger partial charge in [0.1, 0.15) is 6.61 Å². The summed E-state index contributed by atoms with van der Waals surface area (Å²) in [5.41, 5.74) is 1.17. The Morgan fingerprint density at radius 2 is 2.06 bits per heavy atom. The first-order valence-electron chi connectivity index (χ1n) is 6.43. The Labute approximate surface area is 107 Å². The van der Waals surface area contributed by atoms with Gasteiger partial charge in [0.2, 0.25) is 0 Å². The van der Waals surface area contributed by atoms with E-state index in [4.69, 9.17) is 9.47 Å². The predicted octanol–water partition coefficient (Wildman–Crippen LogP) is 2.32. The molecule has 0 aliphatic carbocycles. The molecule has 3 nitrogen and oxygen atoms in total. The van der Waals surface area contributed by atoms with Crippen molar-refractivity contribution in [3.05, 3.63) is 29.6 Å². The number of hydrogen-bond donors (Lipinski definition) is 1. The Kier molecular flexibility index (Phi) is 4.96. The highest BCUT2D eigenvalue weighted by Crippen LogP contribution is 2.29. The second kappa shape index (κ2) is 6.71. The minimum absolute atomic E-state index is 0.302. The molecule has 1 saturated heterocycles. The summed E-state index contributed by atoms with van der Waals surface area (Å²) in [7, 11) is 1.60. The van der Waals surface area contributed by atoms with Crippen molar-refractivity contribution in [2.24, 2.45) is 0 Å². The molecule has 1 aliphatic heterocycles. The van der Waals surface area contributed by atoms with E-state index in [9.17, 15) is 4.39 Å². The fraction of sp³-hybridized carbons (Fsp3) is 0.571. The lowest BCUT2D eigenvalue weighted by atomic mass is 9.90. The summed E-state index contributed by atoms with van der Waals surface area (Å²) in [6, 6.07) is 5.20. The average Bonchev–Trinajstić information content (AvgIpc) is 2.42. The van der Waals surface area contributed by atoms with Gasteiger partial charge in [-0.1, -0.05) is 6.07 Å². The number of methoxy groups -OCH3 is 1. The number of ether oxygens (including phenoxy) is 2. The van der Waals surface area contributed by atoms with Crippen LogP contribution >= 0.6 is 0 Å². The van der Waals surface area contributed by atoms with E-state index in [1.54, 1.807) is 7.11 Å². The van der Waals surface area contributed by atoms with Crippen LogP contribution in [0.4, 0.5) is 4.39 Å². The van der Waals surface area contributed by atoms with Crippen molar-refractivity contribution in [3.8, 4) is 5.75 Å². The average molecular weight is 253 g/mol. The molecule has 2 rings (SSSR count). The Morgan fingerprint density at radius 1 is 1.28 bits per heavy atom. The molecule has 1 aliphatic rings. The van der Waals surface area contributed by atoms with Gasteiger partial charge in [-0.05, 0) is 49.5 Å². The van der Waals surface area contributed by atoms with E-state index in [1.165, 1.54) is 11.6 Å². The Balaban J connectivity index is 2.04. The molecule has 100 valence electrons. The van der Waals surface area contributed by atoms with Gasteiger partial charge in [-0.25, -0.2) is 4.39 Å². The van der Waals surface area contributed by atoms with E-state index >= 15 is 0 Å². The zero-order valence-corrected chi connectivity index (χ0v) is 10.7. The molecule has 1 fully saturated rings. The van der Waals surface area contributed by atoms with Gasteiger partial charge in [0.25, 0.3) is 0 Å². The van der Waals surface area contributed by atoms with E-state index in [0.29, 0.717) is 24.9 Å². The Morgan fingerprint density at radius 3 is 2.78 bits per heavy atom. The van der Waals surface area contributed by atoms with Crippen LogP contribution in [0.2, 0.25) is 0 Å². The third kappa shape index (κ3) is 3.43. The molecule has 4 heteroatoms. The summed E-state index contributed by atoms with van der Waals surface area (Å²) in [5, 5.41) is 3.33. The molecule has 0 amide bonds. The minimum Gasteiger partial charge on any atom is -0.488 e. The maximum atomic E-state index is 13.6. The van der Waals surface area contributed by atoms with Gasteiger partial charge in [-0.2, -0.15) is 0 Å². The van der Waals surface area contributed by atoms with Gasteiger partial charge in [-0.15, -0.1) is 0 Å². The molecular weight excluding hydrogens is 233 g/mol. The van der Waals surface area contributed by atoms with E-state index in [2.05, 4.69) is 5.32 Å². The lowest BCUT2D eigenvalue weighted by Gasteiger charge is -2.23. The van der Waals surface area contributed by atoms with Gasteiger partial charge >= 0.3 is 0 Å². The van der Waals surface area contributed by atoms with Crippen LogP contribution in [0.15, 0.2) is 18.2 Å². The second-order valence-electron chi connectivity index (χ2n) is 4.56. The maximum Gasteiger partial charge on any atom is 0.165 e. The van der Waals surface area contributed by atoms with Gasteiger partial charge in [0.05, 0.1) is 6.61 Å². The summed E-state index contributed by atoms with van der Waals surface area (Å²) in [5.74, 6) is 0.545. The molecule has 0 saturated carbocycles. The zero-order chi connectivity index (χ0) is 12.8. The topological polar surface area (TPSA) is 30.5 Å². The van der Waals surface area contributed by atoms with Crippen molar-refractivity contribution in [1.29, 1.82) is 0 Å². The van der Waals surface area contributed by atoms with Crippen LogP contribution in [0.1, 0.15) is 24.3 Å². The van der Waals surface area contributed by atoms with Crippen molar-refractivity contribution in [3.63, 3.8) is 0 Å². The number of piperidine rings is 1. The largest absolute Gasteiger partial charge is 0.488 e. The van der Waals surface area contributed by atoms with Crippen molar-refractivity contribution < 1.29 is 13.9 Å². The minimum atomic E-state index is -0.302. The lowest BCUT2D eigenvalue weighted by molar-refractivity contribution is 0.143. The number of nitrogens with one attached hydrogen (secondary N) is 1. The Bertz CT molecular complexity index is 378. The van der Waals surface area contributed by atoms with E-state index in [0.717, 1.165) is 25.9 Å². The molecule has 1 heterocycles. The monoisotopic (exact) mass is 253 g/mol. The zero-order valence-electron chi connectivity index (χ0n) is 10.7. The van der Waals surface area contributed by atoms with Crippen molar-refractivity contribution in [1.82, 2.24) is 5.32 Å². The molecule has 1 aromatic carbocycles. The Hall–Kier alpha value is -1.13. The summed E-state index contributed by atoms with van der Waals surface area (Å²) in [6.07, 6.45) is 2.20. The van der Waals surface area contributed by atoms with Crippen molar-refractivity contribution in [2.45, 2.75) is 18.8 Å². The first-order chi connectivity index (χ1) is 8.81. The first kappa shape index (κ1) is 13.3. The molecule has 0 spiro atoms. The van der Waals surface area contributed by atoms with Gasteiger partial charge < -0.3 is 14.8 Å². The number of hydrogen-bond acceptors (Lipinski definition) is 3. The molecule has 18 heavy (non-hydrogen) atoms. The smallest absolute Gasteiger partial charge is 0.165 e. The summed E-state index contributed by atoms with van der Waals surface area (Å²) in [4.78, 5) is 0. The first-order valence-corrected chi connectivity index (χ1v) is 6.43. The number of rotatable bonds is 5. The molecule has 0 aromatic heterocycles. The van der Waals surface area contributed by atoms with Gasteiger partial charge in [0, 0.05) is 7.11 Å². The van der Waals surface area contributed by atoms with E-state index in [1.807, 2.05) is 12.1 Å². The van der Waals surface area contributed by atoms with Crippen molar-refractivity contribution in [2.75, 3.05) is 33.4 Å². The van der Waals surface area contributed by atoms with E-state index in [-0.39, 0.29) is 5.82 Å². The lowest BCUT2D eigenvalue weighted by Crippen LogP contribution is -2.26. The molecule has 0 unspecified atom stereocenters. The quantitative estimate of drug-likeness (QED) is 0.817. The van der Waals surface area contributed by atoms with Crippen LogP contribution in [0.25, 0.3) is 0 Å². The molecule has 1 N–H and O–H groups in total. The highest BCUT2D eigenvalue weighted by atomic mass is 19.1. The normalized spacial score (nSPS) is 16.8. The standard InChI is InChI=1S/C14H20FNO2/c1-17-8-9-18-14-10-12(2-3-13(14)15)11-4-6-16-7-5-11/h2-3,10-11,16H,4-9H2,1H3. The SMILES string of the molecule is COCCOc1cc(C2CCNCC2)ccc1F. The molecule has 1 aromatic rings. The van der Waals surface area contributed by atoms with E-state index < -0.39 is 0 Å². The molecular formula is C14H20FNO2. The van der Waals surface area contributed by atoms with Gasteiger partial charge in [-0.3, -0.25) is 0 Å². The van der Waals surface area contributed by atoms with Crippen molar-refractivity contribution >= 4 is 0 Å². The second-order valence-corrected chi connectivity index (χ2v) is 4.56. The fourth-order valence-electron chi connectivity index (χ4n) is 2.27. The van der Waals surface area contributed by atoms with Crippen LogP contribution in [0, 0.1) is 5.82 Å². The van der Waals surface area contributed by atoms with Crippen LogP contribution < -0.4 is 10.1 Å². The third-order valence-corrected chi connectivity index (χ3v) is 3.31. The van der Waals surface area contributed by atoms with Crippen LogP contribution in [-0.2, 0) is 4.74 Å². The summed E-state index contributed by atoms with van der Waals surface area (Å²) in [6.45, 7) is 2.91. The highest BCUT2D eigenvalue weighted by Gasteiger charge is 2.16. The summed E-state index contributed by atoms with van der Waals surface area (Å²) >= 11 is 0. The predicted molar refractivity (Wildman–Crippen MR) is 68.6 cm³/mol. The summed E-state index contributed by atoms with van der Waals surface area (Å²) < 4.78 is 23.9. The fourth-order valence-corrected chi connectivity index (χ4v) is 2.27. The molecule has 0 radical (unpaired) electrons. The van der Waals surface area contributed by atoms with Gasteiger partial charge in [0.15, 0.2) is 11.6 Å². The number of benzene rings is 1. The van der Waals surface area contributed by atoms with Crippen LogP contribution in [0.5, 0.6) is 5.75 Å². The third-order valence-electron chi connectivity index (χ3n) is 3.31. The highest BCUT2D eigenvalue weighted by molar-refractivity contribution is 5.32. The van der Waals surface area contributed by atoms with Crippen LogP contribution in [-0.4, -0.2) is 33.4 Å².